The molecule has 2 aromatic rings. The molecule has 20 heavy (non-hydrogen) atoms. The minimum absolute atomic E-state index is 0.198. The summed E-state index contributed by atoms with van der Waals surface area (Å²) in [5, 5.41) is 0.420. The molecule has 0 aliphatic rings. The number of hydrogen-bond acceptors (Lipinski definition) is 4. The fourth-order valence-electron chi connectivity index (χ4n) is 1.85. The average Bonchev–Trinajstić information content (AvgIpc) is 2.45. The molecule has 0 aliphatic heterocycles. The number of rotatable bonds is 4. The molecule has 5 heteroatoms. The fraction of sp³-hybridized carbons (Fsp3) is 0.333. The van der Waals surface area contributed by atoms with Crippen LogP contribution in [-0.2, 0) is 0 Å². The molecular formula is C15H17ClN2O2. The number of halogens is 1. The smallest absolute Gasteiger partial charge is 0.133 e. The highest BCUT2D eigenvalue weighted by atomic mass is 35.5. The molecular weight excluding hydrogens is 276 g/mol. The van der Waals surface area contributed by atoms with Gasteiger partial charge >= 0.3 is 0 Å². The Morgan fingerprint density at radius 2 is 1.80 bits per heavy atom. The first kappa shape index (κ1) is 14.6. The minimum Gasteiger partial charge on any atom is -0.497 e. The first-order valence-electron chi connectivity index (χ1n) is 6.32. The monoisotopic (exact) mass is 292 g/mol. The zero-order valence-corrected chi connectivity index (χ0v) is 12.7. The van der Waals surface area contributed by atoms with Gasteiger partial charge < -0.3 is 9.47 Å². The summed E-state index contributed by atoms with van der Waals surface area (Å²) in [6.07, 6.45) is 0. The molecule has 0 fully saturated rings. The van der Waals surface area contributed by atoms with Gasteiger partial charge in [-0.25, -0.2) is 9.97 Å². The normalized spacial score (nSPS) is 10.7. The molecule has 0 saturated carbocycles. The highest BCUT2D eigenvalue weighted by Gasteiger charge is 2.13. The van der Waals surface area contributed by atoms with E-state index in [1.807, 2.05) is 32.0 Å². The molecule has 1 aromatic carbocycles. The quantitative estimate of drug-likeness (QED) is 0.801. The zero-order chi connectivity index (χ0) is 14.7. The van der Waals surface area contributed by atoms with Crippen molar-refractivity contribution in [2.24, 2.45) is 0 Å². The molecule has 106 valence electrons. The number of aromatic nitrogens is 2. The van der Waals surface area contributed by atoms with Gasteiger partial charge in [0, 0.05) is 17.5 Å². The van der Waals surface area contributed by atoms with Crippen molar-refractivity contribution in [3.8, 4) is 22.8 Å². The Labute approximate surface area is 123 Å². The first-order valence-corrected chi connectivity index (χ1v) is 6.69. The lowest BCUT2D eigenvalue weighted by molar-refractivity contribution is 0.404. The second kappa shape index (κ2) is 6.09. The lowest BCUT2D eigenvalue weighted by atomic mass is 10.1. The number of ether oxygens (including phenoxy) is 2. The van der Waals surface area contributed by atoms with Gasteiger partial charge in [0.15, 0.2) is 0 Å². The number of nitrogens with zero attached hydrogens (tertiary/aromatic N) is 2. The fourth-order valence-corrected chi connectivity index (χ4v) is 2.04. The Hall–Kier alpha value is -1.81. The van der Waals surface area contributed by atoms with Crippen LogP contribution >= 0.6 is 11.6 Å². The van der Waals surface area contributed by atoms with E-state index in [0.29, 0.717) is 11.0 Å². The van der Waals surface area contributed by atoms with Crippen LogP contribution in [0.15, 0.2) is 24.3 Å². The molecule has 0 aliphatic carbocycles. The molecule has 0 atom stereocenters. The van der Waals surface area contributed by atoms with Crippen LogP contribution in [0.3, 0.4) is 0 Å². The van der Waals surface area contributed by atoms with E-state index in [0.717, 1.165) is 22.8 Å². The molecule has 0 unspecified atom stereocenters. The molecule has 0 bridgehead atoms. The highest BCUT2D eigenvalue weighted by molar-refractivity contribution is 6.29. The van der Waals surface area contributed by atoms with Crippen LogP contribution in [0.2, 0.25) is 5.15 Å². The Bertz CT molecular complexity index is 615. The Balaban J connectivity index is 2.60. The maximum absolute atomic E-state index is 6.09. The Morgan fingerprint density at radius 3 is 2.40 bits per heavy atom. The summed E-state index contributed by atoms with van der Waals surface area (Å²) in [4.78, 5) is 8.80. The molecule has 0 saturated heterocycles. The van der Waals surface area contributed by atoms with Crippen molar-refractivity contribution in [1.29, 1.82) is 0 Å². The van der Waals surface area contributed by atoms with Crippen LogP contribution < -0.4 is 9.47 Å². The maximum Gasteiger partial charge on any atom is 0.133 e. The summed E-state index contributed by atoms with van der Waals surface area (Å²) in [5.41, 5.74) is 1.56. The van der Waals surface area contributed by atoms with Crippen LogP contribution in [0.5, 0.6) is 11.5 Å². The predicted octanol–water partition coefficient (Wildman–Crippen LogP) is 3.94. The van der Waals surface area contributed by atoms with Gasteiger partial charge in [0.2, 0.25) is 0 Å². The van der Waals surface area contributed by atoms with E-state index in [-0.39, 0.29) is 5.92 Å². The van der Waals surface area contributed by atoms with Gasteiger partial charge in [-0.2, -0.15) is 0 Å². The summed E-state index contributed by atoms with van der Waals surface area (Å²) in [6.45, 7) is 4.05. The Kier molecular flexibility index (Phi) is 4.45. The standard InChI is InChI=1S/C15H17ClN2O2/c1-9(2)15-17-12(8-14(16)18-15)11-7-10(19-3)5-6-13(11)20-4/h5-9H,1-4H3. The average molecular weight is 293 g/mol. The molecule has 0 N–H and O–H groups in total. The molecule has 0 amide bonds. The Morgan fingerprint density at radius 1 is 1.05 bits per heavy atom. The van der Waals surface area contributed by atoms with E-state index in [4.69, 9.17) is 21.1 Å². The van der Waals surface area contributed by atoms with E-state index in [1.54, 1.807) is 20.3 Å². The predicted molar refractivity (Wildman–Crippen MR) is 79.7 cm³/mol. The SMILES string of the molecule is COc1ccc(OC)c(-c2cc(Cl)nc(C(C)C)n2)c1. The highest BCUT2D eigenvalue weighted by Crippen LogP contribution is 2.33. The molecule has 1 aromatic heterocycles. The number of methoxy groups -OCH3 is 2. The number of hydrogen-bond donors (Lipinski definition) is 0. The molecule has 2 rings (SSSR count). The summed E-state index contributed by atoms with van der Waals surface area (Å²) >= 11 is 6.09. The van der Waals surface area contributed by atoms with E-state index < -0.39 is 0 Å². The van der Waals surface area contributed by atoms with Crippen LogP contribution in [-0.4, -0.2) is 24.2 Å². The van der Waals surface area contributed by atoms with Crippen LogP contribution in [0.25, 0.3) is 11.3 Å². The molecule has 0 radical (unpaired) electrons. The largest absolute Gasteiger partial charge is 0.497 e. The third kappa shape index (κ3) is 3.02. The number of benzene rings is 1. The lowest BCUT2D eigenvalue weighted by Gasteiger charge is -2.12. The van der Waals surface area contributed by atoms with Crippen LogP contribution in [0, 0.1) is 0 Å². The second-order valence-corrected chi connectivity index (χ2v) is 5.04. The maximum atomic E-state index is 6.09. The van der Waals surface area contributed by atoms with E-state index in [9.17, 15) is 0 Å². The molecule has 0 spiro atoms. The second-order valence-electron chi connectivity index (χ2n) is 4.66. The van der Waals surface area contributed by atoms with Gasteiger partial charge in [-0.1, -0.05) is 25.4 Å². The summed E-state index contributed by atoms with van der Waals surface area (Å²) in [7, 11) is 3.25. The third-order valence-electron chi connectivity index (χ3n) is 2.91. The zero-order valence-electron chi connectivity index (χ0n) is 12.0. The minimum atomic E-state index is 0.198. The van der Waals surface area contributed by atoms with Crippen molar-refractivity contribution in [2.45, 2.75) is 19.8 Å². The van der Waals surface area contributed by atoms with Gasteiger partial charge in [0.05, 0.1) is 19.9 Å². The van der Waals surface area contributed by atoms with Crippen molar-refractivity contribution in [1.82, 2.24) is 9.97 Å². The van der Waals surface area contributed by atoms with Crippen molar-refractivity contribution >= 4 is 11.6 Å². The van der Waals surface area contributed by atoms with Crippen molar-refractivity contribution in [3.63, 3.8) is 0 Å². The lowest BCUT2D eigenvalue weighted by Crippen LogP contribution is -2.00. The van der Waals surface area contributed by atoms with Crippen LogP contribution in [0.4, 0.5) is 0 Å². The van der Waals surface area contributed by atoms with Gasteiger partial charge in [-0.15, -0.1) is 0 Å². The summed E-state index contributed by atoms with van der Waals surface area (Å²) < 4.78 is 10.6. The van der Waals surface area contributed by atoms with Gasteiger partial charge in [0.1, 0.15) is 22.5 Å². The van der Waals surface area contributed by atoms with E-state index >= 15 is 0 Å². The topological polar surface area (TPSA) is 44.2 Å². The van der Waals surface area contributed by atoms with E-state index in [2.05, 4.69) is 9.97 Å². The van der Waals surface area contributed by atoms with Crippen molar-refractivity contribution in [3.05, 3.63) is 35.2 Å². The van der Waals surface area contributed by atoms with Crippen molar-refractivity contribution in [2.75, 3.05) is 14.2 Å². The first-order chi connectivity index (χ1) is 9.55. The van der Waals surface area contributed by atoms with Gasteiger partial charge in [0.25, 0.3) is 0 Å². The molecule has 4 nitrogen and oxygen atoms in total. The summed E-state index contributed by atoms with van der Waals surface area (Å²) in [5.74, 6) is 2.36. The summed E-state index contributed by atoms with van der Waals surface area (Å²) in [6, 6.07) is 7.29. The molecule has 1 heterocycles. The van der Waals surface area contributed by atoms with Crippen LogP contribution in [0.1, 0.15) is 25.6 Å². The third-order valence-corrected chi connectivity index (χ3v) is 3.10. The van der Waals surface area contributed by atoms with E-state index in [1.165, 1.54) is 0 Å². The van der Waals surface area contributed by atoms with Gasteiger partial charge in [-0.05, 0) is 18.2 Å². The van der Waals surface area contributed by atoms with Gasteiger partial charge in [-0.3, -0.25) is 0 Å². The van der Waals surface area contributed by atoms with Crippen molar-refractivity contribution < 1.29 is 9.47 Å².